The number of aryl methyl sites for hydroxylation is 1. The van der Waals surface area contributed by atoms with Crippen LogP contribution in [0.5, 0.6) is 0 Å². The molecule has 1 atom stereocenters. The van der Waals surface area contributed by atoms with Crippen LogP contribution in [0.4, 0.5) is 5.69 Å². The fourth-order valence-corrected chi connectivity index (χ4v) is 2.55. The number of benzene rings is 2. The highest BCUT2D eigenvalue weighted by atomic mass is 16.6. The Hall–Kier alpha value is -2.29. The van der Waals surface area contributed by atoms with Crippen LogP contribution < -0.4 is 5.32 Å². The van der Waals surface area contributed by atoms with Gasteiger partial charge in [0, 0.05) is 11.3 Å². The Balaban J connectivity index is 1.71. The van der Waals surface area contributed by atoms with E-state index in [1.807, 2.05) is 30.3 Å². The zero-order valence-corrected chi connectivity index (χ0v) is 12.1. The molecule has 0 amide bonds. The fraction of sp³-hybridized carbons (Fsp3) is 0.278. The molecule has 1 aliphatic heterocycles. The third kappa shape index (κ3) is 2.92. The summed E-state index contributed by atoms with van der Waals surface area (Å²) in [5.41, 5.74) is 3.85. The van der Waals surface area contributed by atoms with Crippen molar-refractivity contribution in [3.05, 3.63) is 65.2 Å². The van der Waals surface area contributed by atoms with Crippen molar-refractivity contribution >= 4 is 11.7 Å². The number of hydrogen-bond donors (Lipinski definition) is 1. The molecule has 1 heterocycles. The second-order valence-corrected chi connectivity index (χ2v) is 5.32. The van der Waals surface area contributed by atoms with E-state index in [9.17, 15) is 4.79 Å². The van der Waals surface area contributed by atoms with Gasteiger partial charge in [-0.15, -0.1) is 0 Å². The highest BCUT2D eigenvalue weighted by Crippen LogP contribution is 2.31. The van der Waals surface area contributed by atoms with Gasteiger partial charge in [0.15, 0.2) is 0 Å². The van der Waals surface area contributed by atoms with E-state index in [0.29, 0.717) is 5.56 Å². The van der Waals surface area contributed by atoms with Crippen LogP contribution in [-0.2, 0) is 11.2 Å². The number of cyclic esters (lactones) is 1. The van der Waals surface area contributed by atoms with Crippen molar-refractivity contribution in [2.75, 3.05) is 5.32 Å². The van der Waals surface area contributed by atoms with Gasteiger partial charge in [0.2, 0.25) is 6.23 Å². The van der Waals surface area contributed by atoms with Crippen LogP contribution in [0.1, 0.15) is 47.5 Å². The van der Waals surface area contributed by atoms with Crippen molar-refractivity contribution in [1.82, 2.24) is 0 Å². The molecular formula is C18H19NO2. The van der Waals surface area contributed by atoms with Crippen LogP contribution in [-0.4, -0.2) is 5.97 Å². The van der Waals surface area contributed by atoms with Gasteiger partial charge in [-0.05, 0) is 36.6 Å². The van der Waals surface area contributed by atoms with Crippen molar-refractivity contribution < 1.29 is 9.53 Å². The number of carbonyl (C=O) groups excluding carboxylic acids is 1. The molecule has 0 fully saturated rings. The molecule has 0 aliphatic carbocycles. The average Bonchev–Trinajstić information content (AvgIpc) is 2.83. The zero-order chi connectivity index (χ0) is 14.7. The van der Waals surface area contributed by atoms with Crippen molar-refractivity contribution in [2.24, 2.45) is 0 Å². The minimum absolute atomic E-state index is 0.261. The van der Waals surface area contributed by atoms with Gasteiger partial charge in [0.05, 0.1) is 5.56 Å². The molecule has 1 N–H and O–H groups in total. The normalized spacial score (nSPS) is 16.4. The van der Waals surface area contributed by atoms with Gasteiger partial charge in [-0.25, -0.2) is 4.79 Å². The topological polar surface area (TPSA) is 38.3 Å². The molecule has 1 aliphatic rings. The number of rotatable bonds is 5. The molecule has 2 aromatic rings. The summed E-state index contributed by atoms with van der Waals surface area (Å²) in [6.45, 7) is 2.20. The smallest absolute Gasteiger partial charge is 0.340 e. The summed E-state index contributed by atoms with van der Waals surface area (Å²) in [6.07, 6.45) is 3.13. The van der Waals surface area contributed by atoms with E-state index >= 15 is 0 Å². The number of esters is 1. The Bertz CT molecular complexity index is 634. The molecule has 0 unspecified atom stereocenters. The van der Waals surface area contributed by atoms with Crippen molar-refractivity contribution in [3.8, 4) is 0 Å². The third-order valence-electron chi connectivity index (χ3n) is 3.76. The fourth-order valence-electron chi connectivity index (χ4n) is 2.55. The third-order valence-corrected chi connectivity index (χ3v) is 3.76. The molecule has 0 saturated heterocycles. The lowest BCUT2D eigenvalue weighted by Gasteiger charge is -2.14. The van der Waals surface area contributed by atoms with Crippen molar-refractivity contribution in [1.29, 1.82) is 0 Å². The first-order valence-electron chi connectivity index (χ1n) is 7.43. The molecule has 0 aromatic heterocycles. The Morgan fingerprint density at radius 3 is 2.62 bits per heavy atom. The molecule has 3 nitrogen and oxygen atoms in total. The first kappa shape index (κ1) is 13.7. The lowest BCUT2D eigenvalue weighted by molar-refractivity contribution is 0.0437. The Kier molecular flexibility index (Phi) is 3.91. The Morgan fingerprint density at radius 2 is 1.86 bits per heavy atom. The van der Waals surface area contributed by atoms with E-state index in [4.69, 9.17) is 4.74 Å². The number of anilines is 1. The summed E-state index contributed by atoms with van der Waals surface area (Å²) in [5, 5.41) is 3.27. The van der Waals surface area contributed by atoms with E-state index in [1.165, 1.54) is 18.4 Å². The van der Waals surface area contributed by atoms with E-state index in [0.717, 1.165) is 17.7 Å². The highest BCUT2D eigenvalue weighted by Gasteiger charge is 2.30. The monoisotopic (exact) mass is 281 g/mol. The van der Waals surface area contributed by atoms with Crippen LogP contribution in [0.25, 0.3) is 0 Å². The summed E-state index contributed by atoms with van der Waals surface area (Å²) in [5.74, 6) is -0.261. The minimum atomic E-state index is -0.393. The van der Waals surface area contributed by atoms with Gasteiger partial charge in [0.1, 0.15) is 0 Å². The van der Waals surface area contributed by atoms with E-state index in [2.05, 4.69) is 24.4 Å². The van der Waals surface area contributed by atoms with Gasteiger partial charge in [-0.3, -0.25) is 0 Å². The molecule has 0 bridgehead atoms. The van der Waals surface area contributed by atoms with Gasteiger partial charge in [0.25, 0.3) is 0 Å². The van der Waals surface area contributed by atoms with Gasteiger partial charge < -0.3 is 10.1 Å². The maximum atomic E-state index is 11.8. The number of carbonyl (C=O) groups is 1. The van der Waals surface area contributed by atoms with Crippen LogP contribution >= 0.6 is 0 Å². The molecule has 108 valence electrons. The predicted octanol–water partition coefficient (Wildman–Crippen LogP) is 4.31. The van der Waals surface area contributed by atoms with Gasteiger partial charge in [-0.2, -0.15) is 0 Å². The average molecular weight is 281 g/mol. The maximum absolute atomic E-state index is 11.8. The summed E-state index contributed by atoms with van der Waals surface area (Å²) < 4.78 is 5.38. The molecule has 3 rings (SSSR count). The van der Waals surface area contributed by atoms with Crippen LogP contribution in [0.15, 0.2) is 48.5 Å². The molecule has 0 saturated carbocycles. The quantitative estimate of drug-likeness (QED) is 0.830. The summed E-state index contributed by atoms with van der Waals surface area (Å²) >= 11 is 0. The minimum Gasteiger partial charge on any atom is -0.434 e. The van der Waals surface area contributed by atoms with E-state index in [-0.39, 0.29) is 5.97 Å². The van der Waals surface area contributed by atoms with Crippen molar-refractivity contribution in [2.45, 2.75) is 32.4 Å². The molecule has 0 spiro atoms. The predicted molar refractivity (Wildman–Crippen MR) is 83.3 cm³/mol. The number of ether oxygens (including phenoxy) is 1. The summed E-state index contributed by atoms with van der Waals surface area (Å²) in [4.78, 5) is 11.8. The molecule has 21 heavy (non-hydrogen) atoms. The van der Waals surface area contributed by atoms with Crippen molar-refractivity contribution in [3.63, 3.8) is 0 Å². The Morgan fingerprint density at radius 1 is 1.10 bits per heavy atom. The highest BCUT2D eigenvalue weighted by molar-refractivity contribution is 5.94. The van der Waals surface area contributed by atoms with Crippen LogP contribution in [0.3, 0.4) is 0 Å². The SMILES string of the molecule is CCCCc1ccc(N[C@H]2OC(=O)c3ccccc32)cc1. The lowest BCUT2D eigenvalue weighted by atomic mass is 10.1. The van der Waals surface area contributed by atoms with Gasteiger partial charge >= 0.3 is 5.97 Å². The first-order valence-corrected chi connectivity index (χ1v) is 7.43. The molecule has 2 aromatic carbocycles. The Labute approximate surface area is 124 Å². The van der Waals surface area contributed by atoms with E-state index < -0.39 is 6.23 Å². The number of fused-ring (bicyclic) bond motifs is 1. The lowest BCUT2D eigenvalue weighted by Crippen LogP contribution is -2.10. The molecular weight excluding hydrogens is 262 g/mol. The number of nitrogens with one attached hydrogen (secondary N) is 1. The second-order valence-electron chi connectivity index (χ2n) is 5.32. The maximum Gasteiger partial charge on any atom is 0.340 e. The van der Waals surface area contributed by atoms with Gasteiger partial charge in [-0.1, -0.05) is 43.7 Å². The largest absolute Gasteiger partial charge is 0.434 e. The second kappa shape index (κ2) is 6.00. The zero-order valence-electron chi connectivity index (χ0n) is 12.1. The van der Waals surface area contributed by atoms with E-state index in [1.54, 1.807) is 6.07 Å². The number of unbranched alkanes of at least 4 members (excludes halogenated alkanes) is 1. The summed E-state index contributed by atoms with van der Waals surface area (Å²) in [6, 6.07) is 15.8. The van der Waals surface area contributed by atoms with Crippen LogP contribution in [0.2, 0.25) is 0 Å². The molecule has 0 radical (unpaired) electrons. The first-order chi connectivity index (χ1) is 10.3. The standard InChI is InChI=1S/C18H19NO2/c1-2-3-6-13-9-11-14(12-10-13)19-17-15-7-4-5-8-16(15)18(20)21-17/h4-5,7-12,17,19H,2-3,6H2,1H3/t17-/m0/s1. The molecule has 3 heteroatoms. The number of hydrogen-bond acceptors (Lipinski definition) is 3. The van der Waals surface area contributed by atoms with Crippen LogP contribution in [0, 0.1) is 0 Å². The summed E-state index contributed by atoms with van der Waals surface area (Å²) in [7, 11) is 0.